The van der Waals surface area contributed by atoms with Gasteiger partial charge in [0, 0.05) is 6.07 Å². The number of hydrogen-bond donors (Lipinski definition) is 2. The molecule has 24 heavy (non-hydrogen) atoms. The van der Waals surface area contributed by atoms with Crippen LogP contribution in [0.2, 0.25) is 0 Å². The van der Waals surface area contributed by atoms with E-state index in [2.05, 4.69) is 10.6 Å². The van der Waals surface area contributed by atoms with Crippen LogP contribution in [0.5, 0.6) is 11.5 Å². The summed E-state index contributed by atoms with van der Waals surface area (Å²) in [6, 6.07) is 10.1. The van der Waals surface area contributed by atoms with Crippen LogP contribution in [0.4, 0.5) is 24.5 Å². The minimum Gasteiger partial charge on any atom is -0.497 e. The van der Waals surface area contributed by atoms with E-state index in [9.17, 15) is 13.2 Å². The highest BCUT2D eigenvalue weighted by Crippen LogP contribution is 2.35. The number of methoxy groups -OCH3 is 2. The summed E-state index contributed by atoms with van der Waals surface area (Å²) in [7, 11) is 2.98. The number of anilines is 2. The molecule has 2 rings (SSSR count). The van der Waals surface area contributed by atoms with E-state index in [1.165, 1.54) is 32.4 Å². The molecule has 0 aliphatic rings. The van der Waals surface area contributed by atoms with Crippen molar-refractivity contribution in [3.63, 3.8) is 0 Å². The topological polar surface area (TPSA) is 42.5 Å². The lowest BCUT2D eigenvalue weighted by atomic mass is 10.1. The van der Waals surface area contributed by atoms with E-state index in [1.54, 1.807) is 18.2 Å². The van der Waals surface area contributed by atoms with Crippen LogP contribution in [0.25, 0.3) is 0 Å². The number of halogens is 3. The highest BCUT2D eigenvalue weighted by atomic mass is 32.1. The van der Waals surface area contributed by atoms with Crippen molar-refractivity contribution in [2.75, 3.05) is 24.9 Å². The Morgan fingerprint density at radius 2 is 1.62 bits per heavy atom. The van der Waals surface area contributed by atoms with E-state index in [0.29, 0.717) is 17.2 Å². The molecule has 0 aliphatic heterocycles. The molecule has 0 fully saturated rings. The Kier molecular flexibility index (Phi) is 5.50. The van der Waals surface area contributed by atoms with Crippen LogP contribution in [0.3, 0.4) is 0 Å². The van der Waals surface area contributed by atoms with E-state index < -0.39 is 11.7 Å². The predicted molar refractivity (Wildman–Crippen MR) is 90.8 cm³/mol. The molecule has 0 heterocycles. The van der Waals surface area contributed by atoms with Crippen LogP contribution in [0, 0.1) is 0 Å². The number of rotatable bonds is 4. The van der Waals surface area contributed by atoms with E-state index in [4.69, 9.17) is 21.7 Å². The first-order valence-electron chi connectivity index (χ1n) is 6.81. The molecule has 128 valence electrons. The summed E-state index contributed by atoms with van der Waals surface area (Å²) < 4.78 is 49.3. The van der Waals surface area contributed by atoms with E-state index in [-0.39, 0.29) is 10.8 Å². The van der Waals surface area contributed by atoms with Crippen molar-refractivity contribution in [1.29, 1.82) is 0 Å². The molecule has 4 nitrogen and oxygen atoms in total. The Morgan fingerprint density at radius 3 is 2.25 bits per heavy atom. The molecule has 0 aliphatic carbocycles. The second-order valence-corrected chi connectivity index (χ2v) is 5.10. The van der Waals surface area contributed by atoms with Gasteiger partial charge in [-0.3, -0.25) is 0 Å². The molecule has 2 N–H and O–H groups in total. The van der Waals surface area contributed by atoms with Gasteiger partial charge in [-0.1, -0.05) is 12.1 Å². The van der Waals surface area contributed by atoms with Crippen molar-refractivity contribution >= 4 is 28.7 Å². The van der Waals surface area contributed by atoms with Gasteiger partial charge < -0.3 is 20.1 Å². The normalized spacial score (nSPS) is 10.9. The average Bonchev–Trinajstić information content (AvgIpc) is 2.54. The summed E-state index contributed by atoms with van der Waals surface area (Å²) in [5, 5.41) is 5.38. The molecule has 0 radical (unpaired) electrons. The fraction of sp³-hybridized carbons (Fsp3) is 0.188. The molecule has 0 bridgehead atoms. The number of thiocarbonyl (C=S) groups is 1. The van der Waals surface area contributed by atoms with Crippen molar-refractivity contribution in [2.24, 2.45) is 0 Å². The third-order valence-electron chi connectivity index (χ3n) is 3.14. The molecular formula is C16H15F3N2O2S. The number of alkyl halides is 3. The molecule has 0 atom stereocenters. The van der Waals surface area contributed by atoms with Crippen molar-refractivity contribution in [2.45, 2.75) is 6.18 Å². The van der Waals surface area contributed by atoms with E-state index in [0.717, 1.165) is 6.07 Å². The third-order valence-corrected chi connectivity index (χ3v) is 3.34. The third kappa shape index (κ3) is 4.29. The summed E-state index contributed by atoms with van der Waals surface area (Å²) in [6.07, 6.45) is -4.48. The summed E-state index contributed by atoms with van der Waals surface area (Å²) in [6.45, 7) is 0. The number of nitrogens with one attached hydrogen (secondary N) is 2. The van der Waals surface area contributed by atoms with Crippen LogP contribution in [0.1, 0.15) is 5.56 Å². The van der Waals surface area contributed by atoms with Crippen molar-refractivity contribution < 1.29 is 22.6 Å². The minimum absolute atomic E-state index is 0.00941. The molecule has 0 unspecified atom stereocenters. The zero-order valence-corrected chi connectivity index (χ0v) is 13.7. The lowest BCUT2D eigenvalue weighted by molar-refractivity contribution is -0.136. The second kappa shape index (κ2) is 7.39. The van der Waals surface area contributed by atoms with Gasteiger partial charge in [0.25, 0.3) is 0 Å². The Labute approximate surface area is 142 Å². The maximum absolute atomic E-state index is 13.0. The molecule has 0 saturated carbocycles. The molecule has 0 spiro atoms. The Morgan fingerprint density at radius 1 is 0.958 bits per heavy atom. The van der Waals surface area contributed by atoms with Crippen molar-refractivity contribution in [3.05, 3.63) is 48.0 Å². The molecule has 2 aromatic carbocycles. The molecule has 8 heteroatoms. The quantitative estimate of drug-likeness (QED) is 0.788. The summed E-state index contributed by atoms with van der Waals surface area (Å²) >= 11 is 5.09. The van der Waals surface area contributed by atoms with E-state index >= 15 is 0 Å². The number of ether oxygens (including phenoxy) is 2. The van der Waals surface area contributed by atoms with Gasteiger partial charge in [0.2, 0.25) is 0 Å². The first-order valence-corrected chi connectivity index (χ1v) is 7.22. The smallest absolute Gasteiger partial charge is 0.418 e. The van der Waals surface area contributed by atoms with Gasteiger partial charge >= 0.3 is 6.18 Å². The molecule has 0 saturated heterocycles. The zero-order valence-electron chi connectivity index (χ0n) is 12.9. The van der Waals surface area contributed by atoms with Crippen LogP contribution in [0.15, 0.2) is 42.5 Å². The first-order chi connectivity index (χ1) is 11.3. The average molecular weight is 356 g/mol. The summed E-state index contributed by atoms with van der Waals surface area (Å²) in [5.74, 6) is 1.03. The molecule has 0 aromatic heterocycles. The monoisotopic (exact) mass is 356 g/mol. The van der Waals surface area contributed by atoms with Crippen LogP contribution >= 0.6 is 12.2 Å². The fourth-order valence-corrected chi connectivity index (χ4v) is 2.24. The molecule has 2 aromatic rings. The maximum atomic E-state index is 13.0. The highest BCUT2D eigenvalue weighted by molar-refractivity contribution is 7.80. The Hall–Kier alpha value is -2.48. The second-order valence-electron chi connectivity index (χ2n) is 4.69. The number of hydrogen-bond acceptors (Lipinski definition) is 3. The van der Waals surface area contributed by atoms with Crippen molar-refractivity contribution in [3.8, 4) is 11.5 Å². The lowest BCUT2D eigenvalue weighted by Crippen LogP contribution is -2.21. The van der Waals surface area contributed by atoms with Gasteiger partial charge in [-0.25, -0.2) is 0 Å². The Balaban J connectivity index is 2.18. The maximum Gasteiger partial charge on any atom is 0.418 e. The lowest BCUT2D eigenvalue weighted by Gasteiger charge is -2.17. The highest BCUT2D eigenvalue weighted by Gasteiger charge is 2.33. The predicted octanol–water partition coefficient (Wildman–Crippen LogP) is 4.53. The summed E-state index contributed by atoms with van der Waals surface area (Å²) in [4.78, 5) is 0. The van der Waals surface area contributed by atoms with Gasteiger partial charge in [0.15, 0.2) is 5.11 Å². The molecule has 0 amide bonds. The van der Waals surface area contributed by atoms with Gasteiger partial charge in [-0.2, -0.15) is 13.2 Å². The Bertz CT molecular complexity index is 736. The van der Waals surface area contributed by atoms with Crippen molar-refractivity contribution in [1.82, 2.24) is 0 Å². The largest absolute Gasteiger partial charge is 0.497 e. The SMILES string of the molecule is COc1ccc(NC(=S)Nc2ccccc2C(F)(F)F)c(OC)c1. The van der Waals surface area contributed by atoms with E-state index in [1.807, 2.05) is 0 Å². The minimum atomic E-state index is -4.48. The van der Waals surface area contributed by atoms with Crippen LogP contribution in [-0.2, 0) is 6.18 Å². The fourth-order valence-electron chi connectivity index (χ4n) is 2.02. The molecular weight excluding hydrogens is 341 g/mol. The van der Waals surface area contributed by atoms with Gasteiger partial charge in [0.1, 0.15) is 11.5 Å². The summed E-state index contributed by atoms with van der Waals surface area (Å²) in [5.41, 5.74) is -0.425. The standard InChI is InChI=1S/C16H15F3N2O2S/c1-22-10-7-8-13(14(9-10)23-2)21-15(24)20-12-6-4-3-5-11(12)16(17,18)19/h3-9H,1-2H3,(H2,20,21,24). The first kappa shape index (κ1) is 17.9. The van der Waals surface area contributed by atoms with Gasteiger partial charge in [-0.05, 0) is 36.5 Å². The number of para-hydroxylation sites is 1. The zero-order chi connectivity index (χ0) is 17.7. The van der Waals surface area contributed by atoms with Gasteiger partial charge in [-0.15, -0.1) is 0 Å². The van der Waals surface area contributed by atoms with Crippen LogP contribution < -0.4 is 20.1 Å². The van der Waals surface area contributed by atoms with Crippen LogP contribution in [-0.4, -0.2) is 19.3 Å². The number of benzene rings is 2. The van der Waals surface area contributed by atoms with Gasteiger partial charge in [0.05, 0.1) is 31.2 Å².